The molecule has 0 fully saturated rings. The molecular formula is C63H41N5O. The molecule has 0 amide bonds. The predicted octanol–water partition coefficient (Wildman–Crippen LogP) is 15.2. The minimum absolute atomic E-state index is 0.152. The van der Waals surface area contributed by atoms with Gasteiger partial charge in [0, 0.05) is 43.8 Å². The second-order valence-corrected chi connectivity index (χ2v) is 17.9. The van der Waals surface area contributed by atoms with E-state index in [0.717, 1.165) is 72.6 Å². The van der Waals surface area contributed by atoms with Gasteiger partial charge in [-0.15, -0.1) is 0 Å². The Kier molecular flexibility index (Phi) is 8.92. The smallest absolute Gasteiger partial charge is 0.164 e. The van der Waals surface area contributed by atoms with Crippen LogP contribution in [0.4, 0.5) is 0 Å². The molecule has 1 aliphatic carbocycles. The van der Waals surface area contributed by atoms with Gasteiger partial charge in [0.15, 0.2) is 23.6 Å². The van der Waals surface area contributed by atoms with E-state index < -0.39 is 0 Å². The SMILES string of the molecule is C1=C(c2cccc(-c3nc(-c4ccccc4)nc(-c4ccccc4)n3)c2)C2c3cccc(-n4c5ccccc5c5ccc(-c6ccccc6)cc54)c3OC2C(n2c3ccccc3c3ccccc32)=C1. The van der Waals surface area contributed by atoms with Gasteiger partial charge in [-0.1, -0.05) is 194 Å². The van der Waals surface area contributed by atoms with Crippen molar-refractivity contribution in [2.75, 3.05) is 0 Å². The van der Waals surface area contributed by atoms with Gasteiger partial charge in [-0.2, -0.15) is 0 Å². The summed E-state index contributed by atoms with van der Waals surface area (Å²) < 4.78 is 12.5. The molecule has 2 unspecified atom stereocenters. The van der Waals surface area contributed by atoms with Crippen molar-refractivity contribution in [3.8, 4) is 56.7 Å². The third kappa shape index (κ3) is 6.30. The predicted molar refractivity (Wildman–Crippen MR) is 281 cm³/mol. The second kappa shape index (κ2) is 15.8. The van der Waals surface area contributed by atoms with Crippen LogP contribution in [-0.2, 0) is 0 Å². The van der Waals surface area contributed by atoms with Crippen molar-refractivity contribution in [2.24, 2.45) is 0 Å². The fourth-order valence-corrected chi connectivity index (χ4v) is 10.9. The summed E-state index contributed by atoms with van der Waals surface area (Å²) in [5.74, 6) is 2.61. The van der Waals surface area contributed by atoms with E-state index in [0.29, 0.717) is 17.5 Å². The average molecular weight is 884 g/mol. The quantitative estimate of drug-likeness (QED) is 0.160. The molecule has 6 heteroatoms. The molecule has 2 atom stereocenters. The number of hydrogen-bond donors (Lipinski definition) is 0. The summed E-state index contributed by atoms with van der Waals surface area (Å²) in [6.45, 7) is 0. The monoisotopic (exact) mass is 883 g/mol. The highest BCUT2D eigenvalue weighted by Crippen LogP contribution is 2.54. The van der Waals surface area contributed by atoms with Crippen LogP contribution in [0.3, 0.4) is 0 Å². The fourth-order valence-electron chi connectivity index (χ4n) is 10.9. The Hall–Kier alpha value is -9.13. The van der Waals surface area contributed by atoms with Gasteiger partial charge in [0.1, 0.15) is 5.75 Å². The number of aromatic nitrogens is 5. The van der Waals surface area contributed by atoms with Gasteiger partial charge in [0.05, 0.1) is 39.4 Å². The van der Waals surface area contributed by atoms with Gasteiger partial charge in [-0.25, -0.2) is 15.0 Å². The van der Waals surface area contributed by atoms with Crippen molar-refractivity contribution >= 4 is 54.9 Å². The molecule has 3 aromatic heterocycles. The van der Waals surface area contributed by atoms with Crippen molar-refractivity contribution in [1.82, 2.24) is 24.1 Å². The first kappa shape index (κ1) is 39.1. The zero-order valence-electron chi connectivity index (χ0n) is 37.3. The van der Waals surface area contributed by atoms with E-state index in [9.17, 15) is 0 Å². The number of benzene rings is 9. The molecule has 0 spiro atoms. The molecule has 4 heterocycles. The van der Waals surface area contributed by atoms with Crippen LogP contribution < -0.4 is 4.74 Å². The maximum atomic E-state index is 7.63. The zero-order valence-corrected chi connectivity index (χ0v) is 37.3. The molecule has 69 heavy (non-hydrogen) atoms. The van der Waals surface area contributed by atoms with E-state index in [-0.39, 0.29) is 12.0 Å². The minimum atomic E-state index is -0.358. The van der Waals surface area contributed by atoms with Crippen molar-refractivity contribution in [3.05, 3.63) is 248 Å². The highest BCUT2D eigenvalue weighted by atomic mass is 16.5. The molecule has 1 aliphatic heterocycles. The fraction of sp³-hybridized carbons (Fsp3) is 0.0317. The van der Waals surface area contributed by atoms with E-state index in [4.69, 9.17) is 19.7 Å². The number of para-hydroxylation sites is 4. The van der Waals surface area contributed by atoms with E-state index in [1.165, 1.54) is 32.7 Å². The van der Waals surface area contributed by atoms with E-state index in [1.54, 1.807) is 0 Å². The van der Waals surface area contributed by atoms with Crippen LogP contribution in [0.15, 0.2) is 237 Å². The lowest BCUT2D eigenvalue weighted by molar-refractivity contribution is 0.275. The van der Waals surface area contributed by atoms with Crippen LogP contribution in [0.2, 0.25) is 0 Å². The maximum absolute atomic E-state index is 7.63. The first-order valence-electron chi connectivity index (χ1n) is 23.5. The van der Waals surface area contributed by atoms with Crippen molar-refractivity contribution in [2.45, 2.75) is 12.0 Å². The summed E-state index contributed by atoms with van der Waals surface area (Å²) >= 11 is 0. The normalized spacial score (nSPS) is 15.2. The first-order chi connectivity index (χ1) is 34.2. The van der Waals surface area contributed by atoms with E-state index >= 15 is 0 Å². The van der Waals surface area contributed by atoms with Gasteiger partial charge in [-0.05, 0) is 64.7 Å². The van der Waals surface area contributed by atoms with Crippen LogP contribution in [0.1, 0.15) is 17.0 Å². The lowest BCUT2D eigenvalue weighted by atomic mass is 9.79. The summed E-state index contributed by atoms with van der Waals surface area (Å²) in [5, 5.41) is 4.83. The number of rotatable bonds is 7. The maximum Gasteiger partial charge on any atom is 0.164 e. The molecule has 2 aliphatic rings. The second-order valence-electron chi connectivity index (χ2n) is 17.9. The molecule has 9 aromatic carbocycles. The summed E-state index contributed by atoms with van der Waals surface area (Å²) in [7, 11) is 0. The average Bonchev–Trinajstić information content (AvgIpc) is 4.10. The number of hydrogen-bond acceptors (Lipinski definition) is 4. The van der Waals surface area contributed by atoms with Crippen LogP contribution in [0, 0.1) is 0 Å². The van der Waals surface area contributed by atoms with Gasteiger partial charge in [-0.3, -0.25) is 0 Å². The Morgan fingerprint density at radius 1 is 0.348 bits per heavy atom. The molecule has 0 saturated heterocycles. The van der Waals surface area contributed by atoms with Crippen molar-refractivity contribution in [3.63, 3.8) is 0 Å². The summed E-state index contributed by atoms with van der Waals surface area (Å²) in [5.41, 5.74) is 15.2. The van der Waals surface area contributed by atoms with Gasteiger partial charge in [0.25, 0.3) is 0 Å². The Morgan fingerprint density at radius 2 is 0.841 bits per heavy atom. The van der Waals surface area contributed by atoms with Crippen molar-refractivity contribution < 1.29 is 4.74 Å². The molecule has 14 rings (SSSR count). The molecule has 0 N–H and O–H groups in total. The molecule has 12 aromatic rings. The number of fused-ring (bicyclic) bond motifs is 9. The van der Waals surface area contributed by atoms with Crippen LogP contribution in [0.25, 0.3) is 106 Å². The minimum Gasteiger partial charge on any atom is -0.481 e. The molecule has 0 saturated carbocycles. The molecule has 0 bridgehead atoms. The topological polar surface area (TPSA) is 57.8 Å². The molecule has 324 valence electrons. The standard InChI is InChI=1S/C63H41N5O/c1-4-18-40(19-5-1)43-34-35-50-49-28-12-15-32-54(49)68(57(50)39-43)55-33-17-29-51-58-46(36-37-56(60(58)69-59(51)55)67-52-30-13-10-26-47(52)48-27-11-14-31-53(48)67)44-24-16-25-45(38-44)63-65-61(41-20-6-2-7-21-41)64-62(66-63)42-22-8-3-9-23-42/h1-39,58,60H. The number of nitrogens with zero attached hydrogens (tertiary/aromatic N) is 5. The Morgan fingerprint density at radius 3 is 1.46 bits per heavy atom. The van der Waals surface area contributed by atoms with Gasteiger partial charge < -0.3 is 13.9 Å². The molecule has 6 nitrogen and oxygen atoms in total. The van der Waals surface area contributed by atoms with E-state index in [1.807, 2.05) is 60.7 Å². The lowest BCUT2D eigenvalue weighted by Crippen LogP contribution is -2.27. The largest absolute Gasteiger partial charge is 0.481 e. The highest BCUT2D eigenvalue weighted by molar-refractivity contribution is 6.12. The van der Waals surface area contributed by atoms with Crippen LogP contribution in [0.5, 0.6) is 5.75 Å². The summed E-state index contributed by atoms with van der Waals surface area (Å²) in [4.78, 5) is 15.2. The Bertz CT molecular complexity index is 3940. The van der Waals surface area contributed by atoms with E-state index in [2.05, 4.69) is 185 Å². The zero-order chi connectivity index (χ0) is 45.4. The third-order valence-corrected chi connectivity index (χ3v) is 14.0. The summed E-state index contributed by atoms with van der Waals surface area (Å²) in [6.07, 6.45) is 4.24. The van der Waals surface area contributed by atoms with Gasteiger partial charge in [0.2, 0.25) is 0 Å². The Balaban J connectivity index is 0.976. The van der Waals surface area contributed by atoms with Gasteiger partial charge >= 0.3 is 0 Å². The van der Waals surface area contributed by atoms with Crippen LogP contribution >= 0.6 is 0 Å². The molecule has 0 radical (unpaired) electrons. The lowest BCUT2D eigenvalue weighted by Gasteiger charge is -2.29. The van der Waals surface area contributed by atoms with Crippen molar-refractivity contribution in [1.29, 1.82) is 0 Å². The summed E-state index contributed by atoms with van der Waals surface area (Å²) in [6, 6.07) is 79.3. The highest BCUT2D eigenvalue weighted by Gasteiger charge is 2.44. The Labute approximate surface area is 398 Å². The first-order valence-corrected chi connectivity index (χ1v) is 23.5. The molecular weight excluding hydrogens is 843 g/mol. The number of allylic oxidation sites excluding steroid dienone is 2. The van der Waals surface area contributed by atoms with Crippen LogP contribution in [-0.4, -0.2) is 30.2 Å². The third-order valence-electron chi connectivity index (χ3n) is 14.0. The number of ether oxygens (including phenoxy) is 1.